The average Bonchev–Trinajstić information content (AvgIpc) is 3.20. The zero-order valence-corrected chi connectivity index (χ0v) is 18.8. The van der Waals surface area contributed by atoms with Crippen LogP contribution < -0.4 is 4.90 Å². The van der Waals surface area contributed by atoms with Gasteiger partial charge in [0.1, 0.15) is 0 Å². The highest BCUT2D eigenvalue weighted by Crippen LogP contribution is 2.30. The highest BCUT2D eigenvalue weighted by Gasteiger charge is 2.28. The number of carbonyl (C=O) groups excluding carboxylic acids is 2. The Bertz CT molecular complexity index is 1230. The zero-order valence-electron chi connectivity index (χ0n) is 18.1. The summed E-state index contributed by atoms with van der Waals surface area (Å²) in [5.74, 6) is -0.235. The summed E-state index contributed by atoms with van der Waals surface area (Å²) < 4.78 is 1.49. The number of aromatic nitrogens is 3. The molecule has 2 heterocycles. The number of hydrogen-bond acceptors (Lipinski definition) is 7. The van der Waals surface area contributed by atoms with Crippen LogP contribution in [0.3, 0.4) is 0 Å². The molecule has 3 aromatic rings. The number of nitro groups is 1. The number of anilines is 1. The van der Waals surface area contributed by atoms with Crippen LogP contribution in [0.4, 0.5) is 11.4 Å². The molecule has 1 aliphatic rings. The van der Waals surface area contributed by atoms with Gasteiger partial charge in [0, 0.05) is 43.9 Å². The number of rotatable bonds is 5. The van der Waals surface area contributed by atoms with Gasteiger partial charge in [-0.25, -0.2) is 4.68 Å². The second-order valence-corrected chi connectivity index (χ2v) is 8.12. The van der Waals surface area contributed by atoms with Crippen LogP contribution in [0.15, 0.2) is 42.5 Å². The molecular formula is C22H21ClN6O4. The number of Topliss-reactive ketones (excluding diaryl/α,β-unsaturated/α-hetero) is 1. The minimum Gasteiger partial charge on any atom is -0.367 e. The molecule has 0 saturated carbocycles. The summed E-state index contributed by atoms with van der Waals surface area (Å²) in [6, 6.07) is 11.2. The summed E-state index contributed by atoms with van der Waals surface area (Å²) in [4.78, 5) is 39.0. The molecule has 0 aliphatic carbocycles. The fourth-order valence-electron chi connectivity index (χ4n) is 3.79. The largest absolute Gasteiger partial charge is 0.367 e. The van der Waals surface area contributed by atoms with Crippen LogP contribution >= 0.6 is 11.6 Å². The Morgan fingerprint density at radius 3 is 2.30 bits per heavy atom. The van der Waals surface area contributed by atoms with Crippen molar-refractivity contribution in [3.8, 4) is 5.69 Å². The molecule has 0 atom stereocenters. The van der Waals surface area contributed by atoms with E-state index >= 15 is 0 Å². The minimum atomic E-state index is -0.487. The van der Waals surface area contributed by atoms with E-state index in [-0.39, 0.29) is 17.4 Å². The molecule has 1 aromatic heterocycles. The SMILES string of the molecule is CC(=O)c1ccc(-n2nnc(C)c2C(=O)N2CCN(c3ccc([N+](=O)[O-])cc3Cl)CC2)cc1. The third-order valence-electron chi connectivity index (χ3n) is 5.61. The first-order valence-electron chi connectivity index (χ1n) is 10.3. The lowest BCUT2D eigenvalue weighted by atomic mass is 10.1. The van der Waals surface area contributed by atoms with Crippen molar-refractivity contribution in [3.63, 3.8) is 0 Å². The van der Waals surface area contributed by atoms with Crippen LogP contribution in [0.1, 0.15) is 33.5 Å². The van der Waals surface area contributed by atoms with E-state index in [9.17, 15) is 19.7 Å². The summed E-state index contributed by atoms with van der Waals surface area (Å²) in [6.45, 7) is 5.16. The Balaban J connectivity index is 1.50. The number of non-ortho nitro benzene ring substituents is 1. The van der Waals surface area contributed by atoms with E-state index in [0.29, 0.717) is 59.5 Å². The molecular weight excluding hydrogens is 448 g/mol. The molecule has 0 spiro atoms. The zero-order chi connectivity index (χ0) is 23.7. The van der Waals surface area contributed by atoms with Crippen LogP contribution in [-0.2, 0) is 0 Å². The molecule has 1 fully saturated rings. The van der Waals surface area contributed by atoms with Crippen molar-refractivity contribution < 1.29 is 14.5 Å². The molecule has 10 nitrogen and oxygen atoms in total. The molecule has 1 amide bonds. The van der Waals surface area contributed by atoms with Gasteiger partial charge in [0.05, 0.1) is 27.0 Å². The van der Waals surface area contributed by atoms with Gasteiger partial charge in [0.15, 0.2) is 11.5 Å². The topological polar surface area (TPSA) is 114 Å². The van der Waals surface area contributed by atoms with Crippen molar-refractivity contribution in [1.29, 1.82) is 0 Å². The fraction of sp³-hybridized carbons (Fsp3) is 0.273. The normalized spacial score (nSPS) is 13.8. The smallest absolute Gasteiger partial charge is 0.274 e. The van der Waals surface area contributed by atoms with Gasteiger partial charge in [-0.3, -0.25) is 19.7 Å². The van der Waals surface area contributed by atoms with Crippen LogP contribution in [0.25, 0.3) is 5.69 Å². The Labute approximate surface area is 194 Å². The summed E-state index contributed by atoms with van der Waals surface area (Å²) in [5.41, 5.74) is 2.72. The Hall–Kier alpha value is -3.79. The van der Waals surface area contributed by atoms with Crippen molar-refractivity contribution >= 4 is 34.7 Å². The highest BCUT2D eigenvalue weighted by atomic mass is 35.5. The van der Waals surface area contributed by atoms with Gasteiger partial charge in [-0.1, -0.05) is 16.8 Å². The van der Waals surface area contributed by atoms with E-state index in [2.05, 4.69) is 10.3 Å². The Morgan fingerprint density at radius 1 is 1.06 bits per heavy atom. The van der Waals surface area contributed by atoms with Gasteiger partial charge in [-0.05, 0) is 44.2 Å². The van der Waals surface area contributed by atoms with Gasteiger partial charge >= 0.3 is 0 Å². The van der Waals surface area contributed by atoms with Crippen LogP contribution in [0.5, 0.6) is 0 Å². The number of nitro benzene ring substituents is 1. The van der Waals surface area contributed by atoms with Gasteiger partial charge < -0.3 is 9.80 Å². The molecule has 1 aliphatic heterocycles. The predicted octanol–water partition coefficient (Wildman–Crippen LogP) is 3.30. The summed E-state index contributed by atoms with van der Waals surface area (Å²) in [6.07, 6.45) is 0. The van der Waals surface area contributed by atoms with Crippen molar-refractivity contribution in [2.75, 3.05) is 31.1 Å². The number of ketones is 1. The summed E-state index contributed by atoms with van der Waals surface area (Å²) in [5, 5.41) is 19.4. The quantitative estimate of drug-likeness (QED) is 0.320. The van der Waals surface area contributed by atoms with Crippen molar-refractivity contribution in [1.82, 2.24) is 19.9 Å². The number of piperazine rings is 1. The number of hydrogen-bond donors (Lipinski definition) is 0. The lowest BCUT2D eigenvalue weighted by Gasteiger charge is -2.36. The Morgan fingerprint density at radius 2 is 1.73 bits per heavy atom. The number of nitrogens with zero attached hydrogens (tertiary/aromatic N) is 6. The molecule has 11 heteroatoms. The first kappa shape index (κ1) is 22.4. The summed E-state index contributed by atoms with van der Waals surface area (Å²) >= 11 is 6.26. The van der Waals surface area contributed by atoms with Crippen molar-refractivity contribution in [2.45, 2.75) is 13.8 Å². The number of benzene rings is 2. The number of halogens is 1. The lowest BCUT2D eigenvalue weighted by Crippen LogP contribution is -2.49. The molecule has 1 saturated heterocycles. The van der Waals surface area contributed by atoms with E-state index in [1.165, 1.54) is 23.7 Å². The molecule has 170 valence electrons. The van der Waals surface area contributed by atoms with E-state index in [4.69, 9.17) is 11.6 Å². The standard InChI is InChI=1S/C22H21ClN6O4/c1-14-21(28(25-24-14)17-5-3-16(4-6-17)15(2)30)22(31)27-11-9-26(10-12-27)20-8-7-18(29(32)33)13-19(20)23/h3-8,13H,9-12H2,1-2H3. The molecule has 0 radical (unpaired) electrons. The molecule has 0 N–H and O–H groups in total. The Kier molecular flexibility index (Phi) is 6.10. The van der Waals surface area contributed by atoms with Crippen molar-refractivity contribution in [3.05, 3.63) is 74.6 Å². The van der Waals surface area contributed by atoms with E-state index < -0.39 is 4.92 Å². The second kappa shape index (κ2) is 8.99. The molecule has 33 heavy (non-hydrogen) atoms. The minimum absolute atomic E-state index is 0.0429. The highest BCUT2D eigenvalue weighted by molar-refractivity contribution is 6.33. The fourth-order valence-corrected chi connectivity index (χ4v) is 4.08. The van der Waals surface area contributed by atoms with Crippen LogP contribution in [0, 0.1) is 17.0 Å². The van der Waals surface area contributed by atoms with Gasteiger partial charge in [-0.15, -0.1) is 5.10 Å². The van der Waals surface area contributed by atoms with Crippen LogP contribution in [0.2, 0.25) is 5.02 Å². The maximum Gasteiger partial charge on any atom is 0.274 e. The van der Waals surface area contributed by atoms with Crippen LogP contribution in [-0.4, -0.2) is 62.7 Å². The summed E-state index contributed by atoms with van der Waals surface area (Å²) in [7, 11) is 0. The first-order valence-corrected chi connectivity index (χ1v) is 10.7. The maximum atomic E-state index is 13.3. The second-order valence-electron chi connectivity index (χ2n) is 7.71. The van der Waals surface area contributed by atoms with E-state index in [1.54, 1.807) is 42.2 Å². The van der Waals surface area contributed by atoms with Gasteiger partial charge in [0.25, 0.3) is 11.6 Å². The average molecular weight is 469 g/mol. The van der Waals surface area contributed by atoms with E-state index in [0.717, 1.165) is 0 Å². The first-order chi connectivity index (χ1) is 15.8. The predicted molar refractivity (Wildman–Crippen MR) is 122 cm³/mol. The van der Waals surface area contributed by atoms with Crippen molar-refractivity contribution in [2.24, 2.45) is 0 Å². The monoisotopic (exact) mass is 468 g/mol. The lowest BCUT2D eigenvalue weighted by molar-refractivity contribution is -0.384. The number of aryl methyl sites for hydroxylation is 1. The molecule has 4 rings (SSSR count). The van der Waals surface area contributed by atoms with E-state index in [1.807, 2.05) is 4.90 Å². The van der Waals surface area contributed by atoms with Gasteiger partial charge in [-0.2, -0.15) is 0 Å². The number of carbonyl (C=O) groups is 2. The molecule has 2 aromatic carbocycles. The molecule has 0 bridgehead atoms. The maximum absolute atomic E-state index is 13.3. The third-order valence-corrected chi connectivity index (χ3v) is 5.91. The van der Waals surface area contributed by atoms with Gasteiger partial charge in [0.2, 0.25) is 0 Å². The number of amides is 1. The third kappa shape index (κ3) is 4.42. The molecule has 0 unspecified atom stereocenters.